The Morgan fingerprint density at radius 1 is 1.14 bits per heavy atom. The van der Waals surface area contributed by atoms with Crippen LogP contribution >= 0.6 is 11.8 Å². The van der Waals surface area contributed by atoms with E-state index in [0.29, 0.717) is 13.1 Å². The molecule has 0 bridgehead atoms. The van der Waals surface area contributed by atoms with Gasteiger partial charge >= 0.3 is 0 Å². The summed E-state index contributed by atoms with van der Waals surface area (Å²) in [5, 5.41) is -0.165. The number of unbranched alkanes of at least 4 members (excludes halogenated alkanes) is 1. The molecule has 1 atom stereocenters. The smallest absolute Gasteiger partial charge is 0.237 e. The second-order valence-electron chi connectivity index (χ2n) is 7.13. The highest BCUT2D eigenvalue weighted by molar-refractivity contribution is 7.99. The van der Waals surface area contributed by atoms with Gasteiger partial charge in [-0.2, -0.15) is 0 Å². The topological polar surface area (TPSA) is 23.6 Å². The summed E-state index contributed by atoms with van der Waals surface area (Å²) in [4.78, 5) is 16.6. The van der Waals surface area contributed by atoms with Crippen molar-refractivity contribution in [3.63, 3.8) is 0 Å². The van der Waals surface area contributed by atoms with Gasteiger partial charge in [-0.15, -0.1) is 11.8 Å². The lowest BCUT2D eigenvalue weighted by Gasteiger charge is -2.28. The second kappa shape index (κ2) is 10.2. The first-order valence-corrected chi connectivity index (χ1v) is 10.9. The summed E-state index contributed by atoms with van der Waals surface area (Å²) in [5.74, 6) is -0.797. The third-order valence-electron chi connectivity index (χ3n) is 5.00. The van der Waals surface area contributed by atoms with Gasteiger partial charge in [-0.1, -0.05) is 31.5 Å². The quantitative estimate of drug-likeness (QED) is 0.599. The average molecular weight is 423 g/mol. The van der Waals surface area contributed by atoms with E-state index in [9.17, 15) is 18.0 Å². The Bertz CT molecular complexity index is 811. The zero-order chi connectivity index (χ0) is 20.8. The molecule has 0 N–H and O–H groups in total. The Morgan fingerprint density at radius 2 is 1.83 bits per heavy atom. The molecule has 3 rings (SSSR count). The van der Waals surface area contributed by atoms with Gasteiger partial charge in [-0.3, -0.25) is 9.69 Å². The molecule has 1 amide bonds. The summed E-state index contributed by atoms with van der Waals surface area (Å²) in [6.45, 7) is 3.35. The van der Waals surface area contributed by atoms with Crippen molar-refractivity contribution in [3.8, 4) is 0 Å². The van der Waals surface area contributed by atoms with Crippen LogP contribution in [0.25, 0.3) is 0 Å². The van der Waals surface area contributed by atoms with Gasteiger partial charge in [0, 0.05) is 24.4 Å². The number of hydrogen-bond donors (Lipinski definition) is 0. The Labute approximate surface area is 173 Å². The number of nitrogens with zero attached hydrogens (tertiary/aromatic N) is 2. The first-order chi connectivity index (χ1) is 14.0. The Kier molecular flexibility index (Phi) is 7.61. The van der Waals surface area contributed by atoms with Crippen LogP contribution in [-0.2, 0) is 11.3 Å². The van der Waals surface area contributed by atoms with Gasteiger partial charge in [0.1, 0.15) is 22.8 Å². The fraction of sp³-hybridized carbons (Fsp3) is 0.409. The molecule has 7 heteroatoms. The zero-order valence-corrected chi connectivity index (χ0v) is 17.2. The van der Waals surface area contributed by atoms with Crippen LogP contribution in [0, 0.1) is 17.5 Å². The fourth-order valence-electron chi connectivity index (χ4n) is 3.41. The molecule has 1 aliphatic heterocycles. The van der Waals surface area contributed by atoms with Gasteiger partial charge in [0.25, 0.3) is 0 Å². The molecule has 1 aliphatic rings. The molecular weight excluding hydrogens is 397 g/mol. The summed E-state index contributed by atoms with van der Waals surface area (Å²) in [6.07, 6.45) is 1.75. The maximum Gasteiger partial charge on any atom is 0.237 e. The predicted molar refractivity (Wildman–Crippen MR) is 110 cm³/mol. The first kappa shape index (κ1) is 21.7. The van der Waals surface area contributed by atoms with E-state index in [1.165, 1.54) is 30.3 Å². The van der Waals surface area contributed by atoms with E-state index in [-0.39, 0.29) is 35.8 Å². The van der Waals surface area contributed by atoms with Gasteiger partial charge in [0.2, 0.25) is 5.91 Å². The van der Waals surface area contributed by atoms with Crippen LogP contribution in [0.3, 0.4) is 0 Å². The first-order valence-electron chi connectivity index (χ1n) is 9.81. The van der Waals surface area contributed by atoms with Gasteiger partial charge in [0.15, 0.2) is 0 Å². The van der Waals surface area contributed by atoms with Crippen molar-refractivity contribution in [2.75, 3.05) is 25.4 Å². The number of rotatable bonds is 8. The molecule has 0 spiro atoms. The van der Waals surface area contributed by atoms with Gasteiger partial charge < -0.3 is 4.90 Å². The van der Waals surface area contributed by atoms with Crippen LogP contribution in [0.4, 0.5) is 13.2 Å². The van der Waals surface area contributed by atoms with Gasteiger partial charge in [-0.05, 0) is 42.8 Å². The molecule has 1 fully saturated rings. The molecule has 156 valence electrons. The molecule has 0 saturated carbocycles. The van der Waals surface area contributed by atoms with E-state index in [4.69, 9.17) is 0 Å². The number of amides is 1. The molecule has 2 aromatic rings. The van der Waals surface area contributed by atoms with Crippen molar-refractivity contribution in [1.82, 2.24) is 9.80 Å². The summed E-state index contributed by atoms with van der Waals surface area (Å²) >= 11 is 1.64. The zero-order valence-electron chi connectivity index (χ0n) is 16.4. The molecule has 0 radical (unpaired) electrons. The highest BCUT2D eigenvalue weighted by atomic mass is 32.2. The molecule has 3 nitrogen and oxygen atoms in total. The minimum atomic E-state index is -0.597. The van der Waals surface area contributed by atoms with Crippen molar-refractivity contribution >= 4 is 17.7 Å². The van der Waals surface area contributed by atoms with E-state index in [1.807, 2.05) is 6.92 Å². The summed E-state index contributed by atoms with van der Waals surface area (Å²) in [7, 11) is 0. The average Bonchev–Trinajstić information content (AvgIpc) is 3.19. The van der Waals surface area contributed by atoms with Gasteiger partial charge in [-0.25, -0.2) is 13.2 Å². The largest absolute Gasteiger partial charge is 0.325 e. The van der Waals surface area contributed by atoms with E-state index in [1.54, 1.807) is 33.7 Å². The van der Waals surface area contributed by atoms with Crippen molar-refractivity contribution in [2.24, 2.45) is 0 Å². The highest BCUT2D eigenvalue weighted by Gasteiger charge is 2.31. The minimum Gasteiger partial charge on any atom is -0.325 e. The Balaban J connectivity index is 1.72. The summed E-state index contributed by atoms with van der Waals surface area (Å²) in [6, 6.07) is 9.99. The molecule has 1 saturated heterocycles. The van der Waals surface area contributed by atoms with Crippen LogP contribution < -0.4 is 0 Å². The van der Waals surface area contributed by atoms with Crippen molar-refractivity contribution in [3.05, 3.63) is 71.0 Å². The van der Waals surface area contributed by atoms with Crippen LogP contribution in [-0.4, -0.2) is 41.1 Å². The molecule has 0 unspecified atom stereocenters. The van der Waals surface area contributed by atoms with Crippen LogP contribution in [0.2, 0.25) is 0 Å². The monoisotopic (exact) mass is 422 g/mol. The third kappa shape index (κ3) is 5.54. The van der Waals surface area contributed by atoms with Crippen LogP contribution in [0.5, 0.6) is 0 Å². The lowest BCUT2D eigenvalue weighted by atomic mass is 10.1. The number of halogens is 3. The molecular formula is C22H25F3N2OS. The van der Waals surface area contributed by atoms with Crippen molar-refractivity contribution in [1.29, 1.82) is 0 Å². The second-order valence-corrected chi connectivity index (χ2v) is 8.31. The van der Waals surface area contributed by atoms with E-state index in [0.717, 1.165) is 24.2 Å². The number of hydrogen-bond acceptors (Lipinski definition) is 3. The normalized spacial score (nSPS) is 16.6. The molecule has 0 aromatic heterocycles. The minimum absolute atomic E-state index is 0.0118. The Hall–Kier alpha value is -1.99. The van der Waals surface area contributed by atoms with Gasteiger partial charge in [0.05, 0.1) is 6.54 Å². The third-order valence-corrected chi connectivity index (χ3v) is 6.26. The number of benzene rings is 2. The van der Waals surface area contributed by atoms with E-state index < -0.39 is 11.6 Å². The SMILES string of the molecule is CCCCN(CC(=O)N1CCS[C@@H]1c1ccc(F)cc1)Cc1c(F)cccc1F. The van der Waals surface area contributed by atoms with E-state index >= 15 is 0 Å². The fourth-order valence-corrected chi connectivity index (χ4v) is 4.69. The van der Waals surface area contributed by atoms with Crippen molar-refractivity contribution in [2.45, 2.75) is 31.7 Å². The lowest BCUT2D eigenvalue weighted by molar-refractivity contribution is -0.132. The number of carbonyl (C=O) groups excluding carboxylic acids is 1. The van der Waals surface area contributed by atoms with Crippen LogP contribution in [0.15, 0.2) is 42.5 Å². The highest BCUT2D eigenvalue weighted by Crippen LogP contribution is 2.38. The summed E-state index contributed by atoms with van der Waals surface area (Å²) in [5.41, 5.74) is 0.866. The molecule has 2 aromatic carbocycles. The maximum absolute atomic E-state index is 14.1. The number of thioether (sulfide) groups is 1. The van der Waals surface area contributed by atoms with Crippen molar-refractivity contribution < 1.29 is 18.0 Å². The van der Waals surface area contributed by atoms with Crippen LogP contribution in [0.1, 0.15) is 36.3 Å². The lowest BCUT2D eigenvalue weighted by Crippen LogP contribution is -2.40. The summed E-state index contributed by atoms with van der Waals surface area (Å²) < 4.78 is 41.4. The standard InChI is InChI=1S/C22H25F3N2OS/c1-2-3-11-26(14-18-19(24)5-4-6-20(18)25)15-21(28)27-12-13-29-22(27)16-7-9-17(23)10-8-16/h4-10,22H,2-3,11-15H2,1H3/t22-/m1/s1. The van der Waals surface area contributed by atoms with E-state index in [2.05, 4.69) is 0 Å². The maximum atomic E-state index is 14.1. The molecule has 29 heavy (non-hydrogen) atoms. The predicted octanol–water partition coefficient (Wildman–Crippen LogP) is 4.98. The molecule has 0 aliphatic carbocycles. The Morgan fingerprint density at radius 3 is 2.48 bits per heavy atom. The number of carbonyl (C=O) groups is 1. The molecule has 1 heterocycles.